The molecule has 0 saturated carbocycles. The summed E-state index contributed by atoms with van der Waals surface area (Å²) >= 11 is 0. The molecule has 2 heterocycles. The van der Waals surface area contributed by atoms with Crippen LogP contribution in [0, 0.1) is 6.92 Å². The van der Waals surface area contributed by atoms with E-state index in [1.54, 1.807) is 12.3 Å². The summed E-state index contributed by atoms with van der Waals surface area (Å²) in [5, 5.41) is 23.5. The zero-order valence-electron chi connectivity index (χ0n) is 18.4. The lowest BCUT2D eigenvalue weighted by molar-refractivity contribution is -0.138. The van der Waals surface area contributed by atoms with E-state index in [1.165, 1.54) is 13.0 Å². The first-order chi connectivity index (χ1) is 15.1. The lowest BCUT2D eigenvalue weighted by atomic mass is 9.84. The molecule has 1 aromatic heterocycles. The molecule has 4 rings (SSSR count). The third kappa shape index (κ3) is 4.29. The fourth-order valence-electron chi connectivity index (χ4n) is 4.48. The largest absolute Gasteiger partial charge is 0.416 e. The van der Waals surface area contributed by atoms with Crippen LogP contribution >= 0.6 is 0 Å². The second kappa shape index (κ2) is 8.33. The Morgan fingerprint density at radius 1 is 1.16 bits per heavy atom. The number of hydrogen-bond acceptors (Lipinski definition) is 5. The maximum atomic E-state index is 13.3. The van der Waals surface area contributed by atoms with Crippen LogP contribution < -0.4 is 5.32 Å². The van der Waals surface area contributed by atoms with Gasteiger partial charge in [-0.25, -0.2) is 0 Å². The summed E-state index contributed by atoms with van der Waals surface area (Å²) in [7, 11) is 2.04. The van der Waals surface area contributed by atoms with Crippen molar-refractivity contribution in [3.63, 3.8) is 0 Å². The van der Waals surface area contributed by atoms with E-state index < -0.39 is 17.3 Å². The summed E-state index contributed by atoms with van der Waals surface area (Å²) < 4.78 is 40.0. The Morgan fingerprint density at radius 3 is 2.56 bits per heavy atom. The Morgan fingerprint density at radius 2 is 1.88 bits per heavy atom. The minimum Gasteiger partial charge on any atom is -0.385 e. The predicted molar refractivity (Wildman–Crippen MR) is 118 cm³/mol. The number of aliphatic hydroxyl groups is 1. The van der Waals surface area contributed by atoms with Gasteiger partial charge in [0.05, 0.1) is 28.6 Å². The van der Waals surface area contributed by atoms with E-state index in [1.807, 2.05) is 32.2 Å². The number of piperidine rings is 1. The summed E-state index contributed by atoms with van der Waals surface area (Å²) in [6.07, 6.45) is -1.56. The molecule has 3 aromatic rings. The van der Waals surface area contributed by atoms with Crippen molar-refractivity contribution < 1.29 is 18.3 Å². The molecule has 1 saturated heterocycles. The highest BCUT2D eigenvalue weighted by Gasteiger charge is 2.34. The molecular weight excluding hydrogens is 417 g/mol. The van der Waals surface area contributed by atoms with E-state index in [9.17, 15) is 18.3 Å². The van der Waals surface area contributed by atoms with Crippen LogP contribution in [0.4, 0.5) is 18.9 Å². The number of hydrogen-bond donors (Lipinski definition) is 2. The third-order valence-electron chi connectivity index (χ3n) is 6.51. The molecule has 0 aliphatic carbocycles. The molecule has 0 bridgehead atoms. The SMILES string of the molecule is Cc1c([C@@H](C)Nc2cnnc3ccc(C4(O)CCN(C)CC4)cc23)cccc1C(F)(F)F. The molecule has 32 heavy (non-hydrogen) atoms. The standard InChI is InChI=1S/C24H27F3N4O/c1-15-18(5-4-6-20(15)24(25,26)27)16(2)29-22-14-28-30-21-8-7-17(13-19(21)22)23(32)9-11-31(3)12-10-23/h4-8,13-14,16,32H,9-12H2,1-3H3,(H,29,30)/t16-/m1/s1. The first-order valence-electron chi connectivity index (χ1n) is 10.7. The molecule has 1 fully saturated rings. The number of rotatable bonds is 4. The lowest BCUT2D eigenvalue weighted by Gasteiger charge is -2.37. The molecule has 0 amide bonds. The van der Waals surface area contributed by atoms with Crippen LogP contribution in [-0.2, 0) is 11.8 Å². The van der Waals surface area contributed by atoms with E-state index >= 15 is 0 Å². The van der Waals surface area contributed by atoms with Gasteiger partial charge in [-0.1, -0.05) is 18.2 Å². The molecule has 8 heteroatoms. The van der Waals surface area contributed by atoms with Gasteiger partial charge in [-0.3, -0.25) is 0 Å². The van der Waals surface area contributed by atoms with Gasteiger partial charge in [-0.05, 0) is 68.6 Å². The van der Waals surface area contributed by atoms with Gasteiger partial charge in [0.15, 0.2) is 0 Å². The average Bonchev–Trinajstić information content (AvgIpc) is 2.75. The van der Waals surface area contributed by atoms with E-state index in [0.29, 0.717) is 29.6 Å². The van der Waals surface area contributed by atoms with Gasteiger partial charge in [-0.15, -0.1) is 0 Å². The summed E-state index contributed by atoms with van der Waals surface area (Å²) in [6, 6.07) is 9.48. The van der Waals surface area contributed by atoms with Crippen molar-refractivity contribution in [2.75, 3.05) is 25.5 Å². The van der Waals surface area contributed by atoms with Crippen LogP contribution in [0.5, 0.6) is 0 Å². The number of alkyl halides is 3. The maximum Gasteiger partial charge on any atom is 0.416 e. The highest BCUT2D eigenvalue weighted by molar-refractivity contribution is 5.91. The zero-order valence-corrected chi connectivity index (χ0v) is 18.4. The van der Waals surface area contributed by atoms with Crippen LogP contribution in [0.1, 0.15) is 48.1 Å². The fourth-order valence-corrected chi connectivity index (χ4v) is 4.48. The van der Waals surface area contributed by atoms with Crippen LogP contribution in [0.3, 0.4) is 0 Å². The van der Waals surface area contributed by atoms with E-state index in [0.717, 1.165) is 30.1 Å². The van der Waals surface area contributed by atoms with Crippen molar-refractivity contribution in [1.29, 1.82) is 0 Å². The molecule has 2 aromatic carbocycles. The van der Waals surface area contributed by atoms with Gasteiger partial charge in [0, 0.05) is 24.5 Å². The summed E-state index contributed by atoms with van der Waals surface area (Å²) in [5.41, 5.74) is 1.36. The van der Waals surface area contributed by atoms with Crippen molar-refractivity contribution in [3.05, 3.63) is 64.8 Å². The second-order valence-corrected chi connectivity index (χ2v) is 8.71. The summed E-state index contributed by atoms with van der Waals surface area (Å²) in [4.78, 5) is 2.19. The number of anilines is 1. The Kier molecular flexibility index (Phi) is 5.85. The number of benzene rings is 2. The van der Waals surface area contributed by atoms with E-state index in [4.69, 9.17) is 0 Å². The number of nitrogens with one attached hydrogen (secondary N) is 1. The van der Waals surface area contributed by atoms with Gasteiger partial charge in [0.2, 0.25) is 0 Å². The first-order valence-corrected chi connectivity index (χ1v) is 10.7. The topological polar surface area (TPSA) is 61.3 Å². The Bertz CT molecular complexity index is 1120. The fraction of sp³-hybridized carbons (Fsp3) is 0.417. The van der Waals surface area contributed by atoms with Crippen LogP contribution in [0.15, 0.2) is 42.6 Å². The summed E-state index contributed by atoms with van der Waals surface area (Å²) in [5.74, 6) is 0. The van der Waals surface area contributed by atoms with Crippen molar-refractivity contribution in [3.8, 4) is 0 Å². The molecule has 0 spiro atoms. The van der Waals surface area contributed by atoms with E-state index in [-0.39, 0.29) is 11.6 Å². The number of fused-ring (bicyclic) bond motifs is 1. The smallest absolute Gasteiger partial charge is 0.385 e. The Hall–Kier alpha value is -2.71. The highest BCUT2D eigenvalue weighted by atomic mass is 19.4. The number of nitrogens with zero attached hydrogens (tertiary/aromatic N) is 3. The number of halogens is 3. The van der Waals surface area contributed by atoms with Crippen LogP contribution in [-0.4, -0.2) is 40.3 Å². The highest BCUT2D eigenvalue weighted by Crippen LogP contribution is 2.37. The first kappa shape index (κ1) is 22.5. The van der Waals surface area contributed by atoms with Gasteiger partial charge in [0.1, 0.15) is 0 Å². The minimum absolute atomic E-state index is 0.202. The minimum atomic E-state index is -4.40. The third-order valence-corrected chi connectivity index (χ3v) is 6.51. The van der Waals surface area contributed by atoms with Gasteiger partial charge < -0.3 is 15.3 Å². The second-order valence-electron chi connectivity index (χ2n) is 8.71. The monoisotopic (exact) mass is 444 g/mol. The molecule has 1 aliphatic heterocycles. The van der Waals surface area contributed by atoms with Crippen LogP contribution in [0.25, 0.3) is 10.9 Å². The molecule has 170 valence electrons. The normalized spacial score (nSPS) is 18.0. The molecule has 0 unspecified atom stereocenters. The Labute approximate surface area is 185 Å². The van der Waals surface area contributed by atoms with Gasteiger partial charge >= 0.3 is 6.18 Å². The van der Waals surface area contributed by atoms with E-state index in [2.05, 4.69) is 20.4 Å². The van der Waals surface area contributed by atoms with Crippen molar-refractivity contribution in [2.24, 2.45) is 0 Å². The zero-order chi connectivity index (χ0) is 23.1. The molecular formula is C24H27F3N4O. The van der Waals surface area contributed by atoms with Gasteiger partial charge in [0.25, 0.3) is 0 Å². The lowest BCUT2D eigenvalue weighted by Crippen LogP contribution is -2.40. The molecule has 1 aliphatic rings. The van der Waals surface area contributed by atoms with Crippen molar-refractivity contribution >= 4 is 16.6 Å². The number of likely N-dealkylation sites (tertiary alicyclic amines) is 1. The van der Waals surface area contributed by atoms with Crippen molar-refractivity contribution in [2.45, 2.75) is 44.5 Å². The average molecular weight is 445 g/mol. The quantitative estimate of drug-likeness (QED) is 0.590. The molecule has 1 atom stereocenters. The predicted octanol–water partition coefficient (Wildman–Crippen LogP) is 5.04. The molecule has 2 N–H and O–H groups in total. The van der Waals surface area contributed by atoms with Gasteiger partial charge in [-0.2, -0.15) is 23.4 Å². The van der Waals surface area contributed by atoms with Crippen LogP contribution in [0.2, 0.25) is 0 Å². The molecule has 5 nitrogen and oxygen atoms in total. The summed E-state index contributed by atoms with van der Waals surface area (Å²) in [6.45, 7) is 4.93. The van der Waals surface area contributed by atoms with Crippen molar-refractivity contribution in [1.82, 2.24) is 15.1 Å². The number of aromatic nitrogens is 2. The molecule has 0 radical (unpaired) electrons. The Balaban J connectivity index is 1.68. The maximum absolute atomic E-state index is 13.3.